The standard InChI is InChI=1S/C25H22ClF3N4O/c1-16(17-11-13-31-14-12-17)33(2)24(34)19-9-7-18(8-10-19)22(15-23(30)25(27,28)29)32-21-6-4-3-5-20(21)26/h3-16H,30H2,1-2H3. The van der Waals surface area contributed by atoms with E-state index in [9.17, 15) is 18.0 Å². The topological polar surface area (TPSA) is 71.6 Å². The number of carbonyl (C=O) groups is 1. The van der Waals surface area contributed by atoms with E-state index >= 15 is 0 Å². The van der Waals surface area contributed by atoms with Crippen LogP contribution in [0.4, 0.5) is 18.9 Å². The quantitative estimate of drug-likeness (QED) is 0.428. The molecule has 0 aliphatic carbocycles. The summed E-state index contributed by atoms with van der Waals surface area (Å²) in [5.74, 6) is -0.245. The van der Waals surface area contributed by atoms with Gasteiger partial charge in [0.15, 0.2) is 0 Å². The second-order valence-electron chi connectivity index (χ2n) is 7.50. The van der Waals surface area contributed by atoms with Crippen LogP contribution in [0, 0.1) is 0 Å². The highest BCUT2D eigenvalue weighted by Crippen LogP contribution is 2.27. The summed E-state index contributed by atoms with van der Waals surface area (Å²) in [5, 5.41) is 0.275. The minimum atomic E-state index is -4.72. The molecule has 0 radical (unpaired) electrons. The van der Waals surface area contributed by atoms with E-state index in [0.717, 1.165) is 11.6 Å². The number of para-hydroxylation sites is 1. The predicted octanol–water partition coefficient (Wildman–Crippen LogP) is 6.09. The first-order valence-electron chi connectivity index (χ1n) is 10.2. The van der Waals surface area contributed by atoms with E-state index in [1.54, 1.807) is 48.6 Å². The Morgan fingerprint density at radius 3 is 2.24 bits per heavy atom. The summed E-state index contributed by atoms with van der Waals surface area (Å²) >= 11 is 6.13. The summed E-state index contributed by atoms with van der Waals surface area (Å²) < 4.78 is 39.3. The maximum absolute atomic E-state index is 13.1. The number of hydrogen-bond acceptors (Lipinski definition) is 4. The maximum Gasteiger partial charge on any atom is 0.430 e. The summed E-state index contributed by atoms with van der Waals surface area (Å²) in [6.45, 7) is 1.89. The van der Waals surface area contributed by atoms with Crippen LogP contribution in [-0.2, 0) is 0 Å². The van der Waals surface area contributed by atoms with E-state index in [-0.39, 0.29) is 28.4 Å². The minimum Gasteiger partial charge on any atom is -0.395 e. The maximum atomic E-state index is 13.1. The van der Waals surface area contributed by atoms with Crippen molar-refractivity contribution in [3.63, 3.8) is 0 Å². The average Bonchev–Trinajstić information content (AvgIpc) is 2.83. The van der Waals surface area contributed by atoms with Crippen molar-refractivity contribution in [3.8, 4) is 0 Å². The Hall–Kier alpha value is -3.65. The number of hydrogen-bond donors (Lipinski definition) is 1. The third kappa shape index (κ3) is 6.02. The number of alkyl halides is 3. The second-order valence-corrected chi connectivity index (χ2v) is 7.90. The molecular weight excluding hydrogens is 465 g/mol. The highest BCUT2D eigenvalue weighted by atomic mass is 35.5. The molecule has 34 heavy (non-hydrogen) atoms. The zero-order chi connectivity index (χ0) is 24.9. The molecule has 0 aliphatic rings. The molecule has 0 saturated heterocycles. The summed E-state index contributed by atoms with van der Waals surface area (Å²) in [6.07, 6.45) is -0.668. The van der Waals surface area contributed by atoms with Crippen LogP contribution in [-0.4, -0.2) is 34.7 Å². The molecule has 0 bridgehead atoms. The lowest BCUT2D eigenvalue weighted by Gasteiger charge is -2.25. The van der Waals surface area contributed by atoms with Crippen LogP contribution in [0.3, 0.4) is 0 Å². The highest BCUT2D eigenvalue weighted by molar-refractivity contribution is 6.33. The molecule has 5 nitrogen and oxygen atoms in total. The molecular formula is C25H22ClF3N4O. The number of nitrogens with two attached hydrogens (primary N) is 1. The van der Waals surface area contributed by atoms with Crippen LogP contribution in [0.25, 0.3) is 0 Å². The molecule has 1 heterocycles. The number of aliphatic imine (C=N–C) groups is 1. The first-order valence-corrected chi connectivity index (χ1v) is 10.6. The fourth-order valence-electron chi connectivity index (χ4n) is 3.11. The van der Waals surface area contributed by atoms with Crippen molar-refractivity contribution in [1.82, 2.24) is 9.88 Å². The number of pyridine rings is 1. The van der Waals surface area contributed by atoms with Crippen LogP contribution >= 0.6 is 11.6 Å². The van der Waals surface area contributed by atoms with Gasteiger partial charge in [-0.1, -0.05) is 35.9 Å². The largest absolute Gasteiger partial charge is 0.430 e. The van der Waals surface area contributed by atoms with Crippen molar-refractivity contribution in [3.05, 3.63) is 107 Å². The van der Waals surface area contributed by atoms with Gasteiger partial charge in [0.05, 0.1) is 22.5 Å². The summed E-state index contributed by atoms with van der Waals surface area (Å²) in [5.41, 5.74) is 5.82. The lowest BCUT2D eigenvalue weighted by molar-refractivity contribution is -0.0925. The molecule has 3 rings (SSSR count). The summed E-state index contributed by atoms with van der Waals surface area (Å²) in [7, 11) is 1.68. The minimum absolute atomic E-state index is 0.0413. The molecule has 1 amide bonds. The van der Waals surface area contributed by atoms with Gasteiger partial charge in [-0.2, -0.15) is 13.2 Å². The van der Waals surface area contributed by atoms with Gasteiger partial charge in [0.25, 0.3) is 5.91 Å². The summed E-state index contributed by atoms with van der Waals surface area (Å²) in [4.78, 5) is 22.8. The fraction of sp³-hybridized carbons (Fsp3) is 0.160. The molecule has 1 aromatic heterocycles. The van der Waals surface area contributed by atoms with E-state index < -0.39 is 11.9 Å². The van der Waals surface area contributed by atoms with Gasteiger partial charge in [-0.05, 0) is 55.0 Å². The van der Waals surface area contributed by atoms with Crippen molar-refractivity contribution in [1.29, 1.82) is 0 Å². The molecule has 0 spiro atoms. The van der Waals surface area contributed by atoms with Crippen LogP contribution < -0.4 is 5.73 Å². The smallest absolute Gasteiger partial charge is 0.395 e. The van der Waals surface area contributed by atoms with Crippen molar-refractivity contribution in [2.45, 2.75) is 19.1 Å². The van der Waals surface area contributed by atoms with Crippen LogP contribution in [0.15, 0.2) is 89.8 Å². The van der Waals surface area contributed by atoms with Gasteiger partial charge in [-0.3, -0.25) is 9.78 Å². The number of rotatable bonds is 6. The molecule has 1 unspecified atom stereocenters. The molecule has 0 aliphatic heterocycles. The van der Waals surface area contributed by atoms with E-state index in [1.165, 1.54) is 24.3 Å². The molecule has 9 heteroatoms. The van der Waals surface area contributed by atoms with Gasteiger partial charge < -0.3 is 10.6 Å². The Morgan fingerprint density at radius 1 is 1.06 bits per heavy atom. The Bertz CT molecular complexity index is 1210. The number of halogens is 4. The lowest BCUT2D eigenvalue weighted by atomic mass is 10.0. The number of aromatic nitrogens is 1. The van der Waals surface area contributed by atoms with Crippen molar-refractivity contribution < 1.29 is 18.0 Å². The monoisotopic (exact) mass is 486 g/mol. The molecule has 2 aromatic carbocycles. The number of nitrogens with zero attached hydrogens (tertiary/aromatic N) is 3. The molecule has 2 N–H and O–H groups in total. The number of benzene rings is 2. The Balaban J connectivity index is 1.93. The number of carbonyl (C=O) groups excluding carboxylic acids is 1. The van der Waals surface area contributed by atoms with E-state index in [2.05, 4.69) is 9.98 Å². The van der Waals surface area contributed by atoms with E-state index in [4.69, 9.17) is 17.3 Å². The average molecular weight is 487 g/mol. The number of allylic oxidation sites excluding steroid dienone is 2. The van der Waals surface area contributed by atoms with Crippen LogP contribution in [0.5, 0.6) is 0 Å². The zero-order valence-electron chi connectivity index (χ0n) is 18.4. The number of amides is 1. The predicted molar refractivity (Wildman–Crippen MR) is 127 cm³/mol. The van der Waals surface area contributed by atoms with Crippen LogP contribution in [0.1, 0.15) is 34.5 Å². The van der Waals surface area contributed by atoms with Gasteiger partial charge in [-0.15, -0.1) is 0 Å². The fourth-order valence-corrected chi connectivity index (χ4v) is 3.29. The van der Waals surface area contributed by atoms with E-state index in [0.29, 0.717) is 11.1 Å². The first kappa shape index (κ1) is 25.0. The van der Waals surface area contributed by atoms with Gasteiger partial charge >= 0.3 is 6.18 Å². The first-order chi connectivity index (χ1) is 16.1. The molecule has 1 atom stereocenters. The molecule has 3 aromatic rings. The van der Waals surface area contributed by atoms with Gasteiger partial charge in [0.2, 0.25) is 0 Å². The second kappa shape index (κ2) is 10.5. The molecule has 0 saturated carbocycles. The van der Waals surface area contributed by atoms with Crippen molar-refractivity contribution in [2.75, 3.05) is 7.05 Å². The Labute approximate surface area is 200 Å². The third-order valence-electron chi connectivity index (χ3n) is 5.23. The SMILES string of the molecule is CC(c1ccncc1)N(C)C(=O)c1ccc(C(C=C(N)C(F)(F)F)=Nc2ccccc2Cl)cc1. The zero-order valence-corrected chi connectivity index (χ0v) is 19.2. The highest BCUT2D eigenvalue weighted by Gasteiger charge is 2.32. The van der Waals surface area contributed by atoms with Crippen molar-refractivity contribution in [2.24, 2.45) is 10.7 Å². The van der Waals surface area contributed by atoms with Gasteiger partial charge in [0.1, 0.15) is 5.70 Å². The normalized spacial score (nSPS) is 13.5. The van der Waals surface area contributed by atoms with Crippen LogP contribution in [0.2, 0.25) is 5.02 Å². The lowest BCUT2D eigenvalue weighted by Crippen LogP contribution is -2.29. The third-order valence-corrected chi connectivity index (χ3v) is 5.55. The van der Waals surface area contributed by atoms with Crippen molar-refractivity contribution >= 4 is 28.9 Å². The van der Waals surface area contributed by atoms with Gasteiger partial charge in [0, 0.05) is 30.6 Å². The van der Waals surface area contributed by atoms with E-state index in [1.807, 2.05) is 19.1 Å². The van der Waals surface area contributed by atoms with Gasteiger partial charge in [-0.25, -0.2) is 4.99 Å². The molecule has 176 valence electrons. The summed E-state index contributed by atoms with van der Waals surface area (Å²) in [6, 6.07) is 16.1. The Kier molecular flexibility index (Phi) is 7.73. The Morgan fingerprint density at radius 2 is 1.65 bits per heavy atom. The molecule has 0 fully saturated rings.